The summed E-state index contributed by atoms with van der Waals surface area (Å²) in [6.45, 7) is 2.52. The number of furan rings is 1. The molecule has 1 fully saturated rings. The molecule has 0 saturated carbocycles. The Morgan fingerprint density at radius 3 is 2.63 bits per heavy atom. The fraction of sp³-hybridized carbons (Fsp3) is 0.308. The van der Waals surface area contributed by atoms with Crippen molar-refractivity contribution < 1.29 is 28.2 Å². The first kappa shape index (κ1) is 12.1. The normalized spacial score (nSPS) is 18.0. The molecule has 3 rings (SSSR count). The van der Waals surface area contributed by atoms with Crippen molar-refractivity contribution >= 4 is 16.9 Å². The second-order valence-corrected chi connectivity index (χ2v) is 4.43. The fourth-order valence-electron chi connectivity index (χ4n) is 2.16. The van der Waals surface area contributed by atoms with Crippen molar-refractivity contribution in [1.82, 2.24) is 0 Å². The van der Waals surface area contributed by atoms with E-state index in [-0.39, 0.29) is 11.1 Å². The Labute approximate surface area is 107 Å². The summed E-state index contributed by atoms with van der Waals surface area (Å²) in [5, 5.41) is 9.43. The van der Waals surface area contributed by atoms with Gasteiger partial charge in [-0.2, -0.15) is 0 Å². The zero-order valence-electron chi connectivity index (χ0n) is 10.1. The van der Waals surface area contributed by atoms with Crippen molar-refractivity contribution in [3.8, 4) is 0 Å². The number of aromatic carboxylic acids is 1. The summed E-state index contributed by atoms with van der Waals surface area (Å²) >= 11 is 0. The molecule has 2 aromatic rings. The Balaban J connectivity index is 2.20. The maximum atomic E-state index is 13.4. The van der Waals surface area contributed by atoms with E-state index in [9.17, 15) is 9.18 Å². The van der Waals surface area contributed by atoms with Crippen molar-refractivity contribution in [2.45, 2.75) is 12.7 Å². The predicted octanol–water partition coefficient (Wildman–Crippen LogP) is 2.49. The minimum atomic E-state index is -1.25. The third-order valence-electron chi connectivity index (χ3n) is 3.10. The summed E-state index contributed by atoms with van der Waals surface area (Å²) < 4.78 is 29.7. The first-order valence-electron chi connectivity index (χ1n) is 5.74. The first-order valence-corrected chi connectivity index (χ1v) is 5.74. The molecule has 0 spiro atoms. The van der Waals surface area contributed by atoms with Crippen molar-refractivity contribution in [1.29, 1.82) is 0 Å². The Morgan fingerprint density at radius 2 is 2.00 bits per heavy atom. The third-order valence-corrected chi connectivity index (χ3v) is 3.10. The maximum Gasteiger partial charge on any atom is 0.339 e. The quantitative estimate of drug-likeness (QED) is 0.904. The van der Waals surface area contributed by atoms with Crippen LogP contribution in [0.15, 0.2) is 22.6 Å². The zero-order chi connectivity index (χ0) is 13.6. The van der Waals surface area contributed by atoms with Gasteiger partial charge in [-0.25, -0.2) is 9.18 Å². The van der Waals surface area contributed by atoms with Crippen LogP contribution in [0, 0.1) is 5.82 Å². The van der Waals surface area contributed by atoms with Gasteiger partial charge in [-0.15, -0.1) is 0 Å². The number of carboxylic acids is 1. The molecule has 2 heterocycles. The Hall–Kier alpha value is -1.92. The van der Waals surface area contributed by atoms with Gasteiger partial charge < -0.3 is 19.0 Å². The zero-order valence-corrected chi connectivity index (χ0v) is 10.1. The van der Waals surface area contributed by atoms with Gasteiger partial charge in [0.2, 0.25) is 5.79 Å². The number of hydrogen-bond donors (Lipinski definition) is 1. The topological polar surface area (TPSA) is 68.9 Å². The number of benzene rings is 1. The van der Waals surface area contributed by atoms with Crippen molar-refractivity contribution in [2.75, 3.05) is 13.2 Å². The Kier molecular flexibility index (Phi) is 2.58. The van der Waals surface area contributed by atoms with Crippen LogP contribution in [0.4, 0.5) is 4.39 Å². The average Bonchev–Trinajstić information content (AvgIpc) is 2.94. The monoisotopic (exact) mass is 266 g/mol. The lowest BCUT2D eigenvalue weighted by atomic mass is 10.1. The van der Waals surface area contributed by atoms with Crippen molar-refractivity contribution in [3.05, 3.63) is 35.3 Å². The molecule has 0 atom stereocenters. The second-order valence-electron chi connectivity index (χ2n) is 4.43. The molecule has 100 valence electrons. The summed E-state index contributed by atoms with van der Waals surface area (Å²) in [6.07, 6.45) is 0. The lowest BCUT2D eigenvalue weighted by Crippen LogP contribution is -2.21. The van der Waals surface area contributed by atoms with E-state index in [1.165, 1.54) is 12.1 Å². The number of fused-ring (bicyclic) bond motifs is 1. The van der Waals surface area contributed by atoms with E-state index in [4.69, 9.17) is 19.0 Å². The Morgan fingerprint density at radius 1 is 1.32 bits per heavy atom. The molecule has 0 bridgehead atoms. The molecule has 1 aromatic carbocycles. The van der Waals surface area contributed by atoms with Crippen LogP contribution in [0.5, 0.6) is 0 Å². The van der Waals surface area contributed by atoms with E-state index in [0.29, 0.717) is 24.4 Å². The lowest BCUT2D eigenvalue weighted by molar-refractivity contribution is -0.162. The highest BCUT2D eigenvalue weighted by Gasteiger charge is 2.37. The number of carboxylic acid groups (broad SMARTS) is 1. The van der Waals surface area contributed by atoms with Crippen LogP contribution in [0.1, 0.15) is 23.0 Å². The SMILES string of the molecule is CC1(c2cc3cc(F)cc(C(=O)O)c3o2)OCCO1. The fourth-order valence-corrected chi connectivity index (χ4v) is 2.16. The van der Waals surface area contributed by atoms with E-state index < -0.39 is 17.6 Å². The summed E-state index contributed by atoms with van der Waals surface area (Å²) in [5.41, 5.74) is -0.105. The van der Waals surface area contributed by atoms with E-state index in [2.05, 4.69) is 0 Å². The number of carbonyl (C=O) groups is 1. The highest BCUT2D eigenvalue weighted by atomic mass is 19.1. The number of ether oxygens (including phenoxy) is 2. The predicted molar refractivity (Wildman–Crippen MR) is 62.4 cm³/mol. The van der Waals surface area contributed by atoms with Crippen LogP contribution in [0.25, 0.3) is 11.0 Å². The van der Waals surface area contributed by atoms with Gasteiger partial charge in [-0.3, -0.25) is 0 Å². The van der Waals surface area contributed by atoms with Crippen molar-refractivity contribution in [3.63, 3.8) is 0 Å². The second kappa shape index (κ2) is 4.04. The van der Waals surface area contributed by atoms with E-state index >= 15 is 0 Å². The summed E-state index contributed by atoms with van der Waals surface area (Å²) in [6, 6.07) is 3.68. The lowest BCUT2D eigenvalue weighted by Gasteiger charge is -2.18. The van der Waals surface area contributed by atoms with Gasteiger partial charge in [0.1, 0.15) is 17.0 Å². The molecule has 1 saturated heterocycles. The molecule has 19 heavy (non-hydrogen) atoms. The van der Waals surface area contributed by atoms with Gasteiger partial charge >= 0.3 is 5.97 Å². The molecule has 1 aliphatic heterocycles. The van der Waals surface area contributed by atoms with E-state index in [0.717, 1.165) is 6.07 Å². The molecular weight excluding hydrogens is 255 g/mol. The molecule has 0 unspecified atom stereocenters. The van der Waals surface area contributed by atoms with Crippen LogP contribution in [-0.4, -0.2) is 24.3 Å². The number of halogens is 1. The van der Waals surface area contributed by atoms with Crippen LogP contribution in [-0.2, 0) is 15.3 Å². The summed E-state index contributed by atoms with van der Waals surface area (Å²) in [4.78, 5) is 11.1. The standard InChI is InChI=1S/C13H11FO5/c1-13(17-2-3-18-13)10-5-7-4-8(14)6-9(12(15)16)11(7)19-10/h4-6H,2-3H2,1H3,(H,15,16). The minimum Gasteiger partial charge on any atom is -0.478 e. The first-order chi connectivity index (χ1) is 8.99. The Bertz CT molecular complexity index is 654. The average molecular weight is 266 g/mol. The molecule has 1 N–H and O–H groups in total. The van der Waals surface area contributed by atoms with Crippen molar-refractivity contribution in [2.24, 2.45) is 0 Å². The molecule has 0 aliphatic carbocycles. The summed E-state index contributed by atoms with van der Waals surface area (Å²) in [7, 11) is 0. The van der Waals surface area contributed by atoms with E-state index in [1.807, 2.05) is 0 Å². The van der Waals surface area contributed by atoms with Gasteiger partial charge in [-0.05, 0) is 25.1 Å². The van der Waals surface area contributed by atoms with Gasteiger partial charge in [0.25, 0.3) is 0 Å². The third kappa shape index (κ3) is 1.89. The van der Waals surface area contributed by atoms with Gasteiger partial charge in [0.15, 0.2) is 5.76 Å². The van der Waals surface area contributed by atoms with Crippen LogP contribution in [0.3, 0.4) is 0 Å². The molecule has 0 radical (unpaired) electrons. The highest BCUT2D eigenvalue weighted by Crippen LogP contribution is 2.35. The molecule has 5 nitrogen and oxygen atoms in total. The molecule has 0 amide bonds. The minimum absolute atomic E-state index is 0.115. The smallest absolute Gasteiger partial charge is 0.339 e. The molecule has 6 heteroatoms. The molecule has 1 aromatic heterocycles. The highest BCUT2D eigenvalue weighted by molar-refractivity contribution is 6.01. The van der Waals surface area contributed by atoms with Crippen LogP contribution >= 0.6 is 0 Å². The maximum absolute atomic E-state index is 13.4. The van der Waals surface area contributed by atoms with Gasteiger partial charge in [0, 0.05) is 5.39 Å². The number of rotatable bonds is 2. The van der Waals surface area contributed by atoms with Gasteiger partial charge in [-0.1, -0.05) is 0 Å². The van der Waals surface area contributed by atoms with E-state index in [1.54, 1.807) is 6.92 Å². The molecule has 1 aliphatic rings. The largest absolute Gasteiger partial charge is 0.478 e. The summed E-state index contributed by atoms with van der Waals surface area (Å²) in [5.74, 6) is -2.60. The molecular formula is C13H11FO5. The van der Waals surface area contributed by atoms with Crippen LogP contribution < -0.4 is 0 Å². The van der Waals surface area contributed by atoms with Gasteiger partial charge in [0.05, 0.1) is 13.2 Å². The van der Waals surface area contributed by atoms with Crippen LogP contribution in [0.2, 0.25) is 0 Å². The number of hydrogen-bond acceptors (Lipinski definition) is 4.